The Kier molecular flexibility index (Phi) is 3.83. The third kappa shape index (κ3) is 2.62. The number of nitrogens with two attached hydrogens (primary N) is 2. The third-order valence-electron chi connectivity index (χ3n) is 3.72. The van der Waals surface area contributed by atoms with Crippen LogP contribution in [0.2, 0.25) is 0 Å². The van der Waals surface area contributed by atoms with Gasteiger partial charge in [-0.15, -0.1) is 23.1 Å². The van der Waals surface area contributed by atoms with E-state index >= 15 is 0 Å². The van der Waals surface area contributed by atoms with Gasteiger partial charge in [-0.05, 0) is 25.5 Å². The van der Waals surface area contributed by atoms with E-state index in [9.17, 15) is 4.79 Å². The second kappa shape index (κ2) is 5.46. The summed E-state index contributed by atoms with van der Waals surface area (Å²) >= 11 is 3.11. The number of anilines is 2. The van der Waals surface area contributed by atoms with E-state index in [1.54, 1.807) is 11.8 Å². The van der Waals surface area contributed by atoms with Crippen LogP contribution >= 0.6 is 23.1 Å². The Morgan fingerprint density at radius 3 is 2.75 bits per heavy atom. The van der Waals surface area contributed by atoms with Crippen molar-refractivity contribution in [3.8, 4) is 0 Å². The number of carbonyl (C=O) groups is 1. The van der Waals surface area contributed by atoms with Crippen LogP contribution in [0.1, 0.15) is 28.9 Å². The zero-order valence-corrected chi connectivity index (χ0v) is 13.1. The molecule has 1 saturated heterocycles. The average Bonchev–Trinajstić information content (AvgIpc) is 3.01. The molecule has 2 heterocycles. The molecule has 1 atom stereocenters. The van der Waals surface area contributed by atoms with E-state index in [-0.39, 0.29) is 11.9 Å². The minimum absolute atomic E-state index is 0.0277. The summed E-state index contributed by atoms with van der Waals surface area (Å²) in [5, 5.41) is 4.11. The molecular weight excluding hydrogens is 292 g/mol. The zero-order chi connectivity index (χ0) is 14.3. The Balaban J connectivity index is 1.87. The van der Waals surface area contributed by atoms with Gasteiger partial charge >= 0.3 is 0 Å². The summed E-state index contributed by atoms with van der Waals surface area (Å²) in [6.07, 6.45) is 5.16. The van der Waals surface area contributed by atoms with Gasteiger partial charge in [0.15, 0.2) is 0 Å². The van der Waals surface area contributed by atoms with Gasteiger partial charge in [0.2, 0.25) is 0 Å². The number of amides is 1. The van der Waals surface area contributed by atoms with E-state index < -0.39 is 0 Å². The maximum atomic E-state index is 12.2. The summed E-state index contributed by atoms with van der Waals surface area (Å²) in [6.45, 7) is 1.79. The first-order valence-electron chi connectivity index (χ1n) is 6.87. The maximum absolute atomic E-state index is 12.2. The molecular formula is C13H20N4OS2. The number of hydrogen-bond donors (Lipinski definition) is 3. The third-order valence-corrected chi connectivity index (χ3v) is 5.93. The second-order valence-electron chi connectivity index (χ2n) is 5.43. The molecule has 1 amide bonds. The molecule has 1 saturated carbocycles. The van der Waals surface area contributed by atoms with Gasteiger partial charge in [0.1, 0.15) is 9.88 Å². The fraction of sp³-hybridized carbons (Fsp3) is 0.615. The zero-order valence-electron chi connectivity index (χ0n) is 11.5. The number of hydrogen-bond acceptors (Lipinski definition) is 6. The van der Waals surface area contributed by atoms with E-state index in [1.807, 2.05) is 6.26 Å². The molecule has 110 valence electrons. The first-order chi connectivity index (χ1) is 9.60. The number of thioether (sulfide) groups is 1. The summed E-state index contributed by atoms with van der Waals surface area (Å²) in [7, 11) is 0. The van der Waals surface area contributed by atoms with E-state index in [4.69, 9.17) is 11.5 Å². The van der Waals surface area contributed by atoms with Crippen molar-refractivity contribution < 1.29 is 4.79 Å². The van der Waals surface area contributed by atoms with E-state index in [0.717, 1.165) is 42.2 Å². The van der Waals surface area contributed by atoms with Crippen LogP contribution in [-0.4, -0.2) is 37.3 Å². The van der Waals surface area contributed by atoms with Crippen LogP contribution in [0.15, 0.2) is 4.90 Å². The average molecular weight is 312 g/mol. The Labute approximate surface area is 127 Å². The van der Waals surface area contributed by atoms with Crippen LogP contribution in [0.25, 0.3) is 0 Å². The van der Waals surface area contributed by atoms with Crippen molar-refractivity contribution in [1.82, 2.24) is 5.32 Å². The Hall–Kier alpha value is -0.920. The van der Waals surface area contributed by atoms with E-state index in [1.165, 1.54) is 11.3 Å². The number of rotatable bonds is 4. The molecule has 7 heteroatoms. The van der Waals surface area contributed by atoms with Crippen LogP contribution in [-0.2, 0) is 0 Å². The fourth-order valence-corrected chi connectivity index (χ4v) is 4.56. The lowest BCUT2D eigenvalue weighted by Gasteiger charge is -2.17. The van der Waals surface area contributed by atoms with Gasteiger partial charge in [0.05, 0.1) is 10.6 Å². The van der Waals surface area contributed by atoms with Gasteiger partial charge in [-0.2, -0.15) is 0 Å². The molecule has 1 unspecified atom stereocenters. The molecule has 20 heavy (non-hydrogen) atoms. The normalized spacial score (nSPS) is 22.3. The molecule has 2 fully saturated rings. The molecule has 0 spiro atoms. The molecule has 0 aromatic carbocycles. The van der Waals surface area contributed by atoms with Crippen LogP contribution in [0.5, 0.6) is 0 Å². The smallest absolute Gasteiger partial charge is 0.263 e. The first-order valence-corrected chi connectivity index (χ1v) is 8.92. The summed E-state index contributed by atoms with van der Waals surface area (Å²) in [4.78, 5) is 16.2. The van der Waals surface area contributed by atoms with Gasteiger partial charge < -0.3 is 21.7 Å². The Morgan fingerprint density at radius 2 is 2.20 bits per heavy atom. The first kappa shape index (κ1) is 14.0. The minimum atomic E-state index is -0.0277. The Morgan fingerprint density at radius 1 is 1.45 bits per heavy atom. The molecule has 2 aliphatic rings. The largest absolute Gasteiger partial charge is 0.396 e. The maximum Gasteiger partial charge on any atom is 0.263 e. The Bertz CT molecular complexity index is 527. The van der Waals surface area contributed by atoms with Gasteiger partial charge in [0, 0.05) is 25.2 Å². The quantitative estimate of drug-likeness (QED) is 0.733. The molecule has 3 rings (SSSR count). The summed E-state index contributed by atoms with van der Waals surface area (Å²) in [5.41, 5.74) is 12.8. The summed E-state index contributed by atoms with van der Waals surface area (Å²) in [5.74, 6) is -0.0277. The molecule has 0 radical (unpaired) electrons. The lowest BCUT2D eigenvalue weighted by molar-refractivity contribution is 0.0956. The van der Waals surface area contributed by atoms with Crippen LogP contribution in [0.3, 0.4) is 0 Å². The van der Waals surface area contributed by atoms with Crippen LogP contribution < -0.4 is 21.7 Å². The topological polar surface area (TPSA) is 84.4 Å². The molecule has 1 aromatic rings. The molecule has 5 N–H and O–H groups in total. The summed E-state index contributed by atoms with van der Waals surface area (Å²) in [6, 6.07) is 0.571. The molecule has 1 aromatic heterocycles. The van der Waals surface area contributed by atoms with E-state index in [2.05, 4.69) is 10.2 Å². The monoisotopic (exact) mass is 312 g/mol. The van der Waals surface area contributed by atoms with Crippen molar-refractivity contribution in [2.24, 2.45) is 5.73 Å². The summed E-state index contributed by atoms with van der Waals surface area (Å²) < 4.78 is 0. The van der Waals surface area contributed by atoms with Gasteiger partial charge in [-0.25, -0.2) is 0 Å². The number of nitrogen functional groups attached to an aromatic ring is 1. The highest BCUT2D eigenvalue weighted by Gasteiger charge is 2.30. The second-order valence-corrected chi connectivity index (χ2v) is 7.24. The lowest BCUT2D eigenvalue weighted by Crippen LogP contribution is -2.26. The van der Waals surface area contributed by atoms with Crippen molar-refractivity contribution in [3.63, 3.8) is 0 Å². The number of carbonyl (C=O) groups excluding carboxylic acids is 1. The van der Waals surface area contributed by atoms with Crippen molar-refractivity contribution in [1.29, 1.82) is 0 Å². The van der Waals surface area contributed by atoms with Gasteiger partial charge in [0.25, 0.3) is 5.91 Å². The van der Waals surface area contributed by atoms with Crippen molar-refractivity contribution >= 4 is 39.7 Å². The van der Waals surface area contributed by atoms with E-state index in [0.29, 0.717) is 16.6 Å². The van der Waals surface area contributed by atoms with Crippen molar-refractivity contribution in [2.45, 2.75) is 36.2 Å². The minimum Gasteiger partial charge on any atom is -0.396 e. The highest BCUT2D eigenvalue weighted by Crippen LogP contribution is 2.44. The molecule has 5 nitrogen and oxygen atoms in total. The molecule has 1 aliphatic heterocycles. The van der Waals surface area contributed by atoms with Crippen molar-refractivity contribution in [3.05, 3.63) is 4.88 Å². The lowest BCUT2D eigenvalue weighted by atomic mass is 10.3. The standard InChI is InChI=1S/C13H20N4OS2/c1-19-11-9(15)10(12(18)16-8-2-3-8)20-13(11)17-5-4-7(14)6-17/h7-8H,2-6,14-15H2,1H3,(H,16,18). The van der Waals surface area contributed by atoms with Gasteiger partial charge in [-0.3, -0.25) is 4.79 Å². The predicted octanol–water partition coefficient (Wildman–Crippen LogP) is 1.48. The SMILES string of the molecule is CSc1c(N2CCC(N)C2)sc(C(=O)NC2CC2)c1N. The number of thiophene rings is 1. The van der Waals surface area contributed by atoms with Crippen LogP contribution in [0.4, 0.5) is 10.7 Å². The molecule has 1 aliphatic carbocycles. The van der Waals surface area contributed by atoms with Crippen LogP contribution in [0, 0.1) is 0 Å². The predicted molar refractivity (Wildman–Crippen MR) is 85.8 cm³/mol. The highest BCUT2D eigenvalue weighted by atomic mass is 32.2. The number of nitrogens with zero attached hydrogens (tertiary/aromatic N) is 1. The molecule has 0 bridgehead atoms. The fourth-order valence-electron chi connectivity index (χ4n) is 2.44. The van der Waals surface area contributed by atoms with Gasteiger partial charge in [-0.1, -0.05) is 0 Å². The highest BCUT2D eigenvalue weighted by molar-refractivity contribution is 7.99. The number of nitrogens with one attached hydrogen (secondary N) is 1. The van der Waals surface area contributed by atoms with Crippen molar-refractivity contribution in [2.75, 3.05) is 30.0 Å².